The van der Waals surface area contributed by atoms with E-state index in [0.29, 0.717) is 0 Å². The van der Waals surface area contributed by atoms with Crippen molar-refractivity contribution < 1.29 is 22.5 Å². The van der Waals surface area contributed by atoms with Gasteiger partial charge in [0.2, 0.25) is 5.89 Å². The molecule has 5 nitrogen and oxygen atoms in total. The zero-order chi connectivity index (χ0) is 11.9. The van der Waals surface area contributed by atoms with E-state index in [2.05, 4.69) is 14.7 Å². The van der Waals surface area contributed by atoms with Crippen molar-refractivity contribution in [3.8, 4) is 0 Å². The molecule has 0 unspecified atom stereocenters. The molecule has 0 saturated carbocycles. The van der Waals surface area contributed by atoms with E-state index in [4.69, 9.17) is 5.73 Å². The lowest BCUT2D eigenvalue weighted by atomic mass is 9.93. The molecule has 1 aromatic rings. The second kappa shape index (κ2) is 3.21. The minimum absolute atomic E-state index is 0.567. The molecule has 1 rings (SSSR count). The first-order valence-electron chi connectivity index (χ1n) is 3.87. The van der Waals surface area contributed by atoms with E-state index >= 15 is 0 Å². The number of rotatable bonds is 2. The topological polar surface area (TPSA) is 82.0 Å². The van der Waals surface area contributed by atoms with Gasteiger partial charge in [0.15, 0.2) is 0 Å². The minimum atomic E-state index is -4.55. The monoisotopic (exact) mass is 223 g/mol. The quantitative estimate of drug-likeness (QED) is 0.811. The number of hydrogen-bond donors (Lipinski definition) is 1. The highest BCUT2D eigenvalue weighted by molar-refractivity contribution is 5.88. The van der Waals surface area contributed by atoms with E-state index in [0.717, 1.165) is 13.8 Å². The molecule has 0 atom stereocenters. The van der Waals surface area contributed by atoms with Gasteiger partial charge < -0.3 is 10.3 Å². The van der Waals surface area contributed by atoms with Crippen molar-refractivity contribution in [1.82, 2.24) is 10.1 Å². The van der Waals surface area contributed by atoms with Gasteiger partial charge in [-0.1, -0.05) is 5.16 Å². The fraction of sp³-hybridized carbons (Fsp3) is 0.571. The van der Waals surface area contributed by atoms with Crippen LogP contribution in [0.4, 0.5) is 13.2 Å². The first kappa shape index (κ1) is 11.5. The largest absolute Gasteiger partial charge is 0.402 e. The molecule has 84 valence electrons. The average molecular weight is 223 g/mol. The summed E-state index contributed by atoms with van der Waals surface area (Å²) in [5, 5.41) is 3.03. The van der Waals surface area contributed by atoms with Gasteiger partial charge in [0.05, 0.1) is 0 Å². The van der Waals surface area contributed by atoms with E-state index in [1.165, 1.54) is 0 Å². The Labute approximate surface area is 82.4 Å². The smallest absolute Gasteiger partial charge is 0.363 e. The molecule has 0 aromatic carbocycles. The third-order valence-corrected chi connectivity index (χ3v) is 1.89. The van der Waals surface area contributed by atoms with Crippen LogP contribution in [0.15, 0.2) is 4.52 Å². The van der Waals surface area contributed by atoms with E-state index in [1.807, 2.05) is 0 Å². The summed E-state index contributed by atoms with van der Waals surface area (Å²) in [5.74, 6) is -2.30. The zero-order valence-corrected chi connectivity index (χ0v) is 7.92. The molecule has 0 aliphatic rings. The molecule has 0 fully saturated rings. The van der Waals surface area contributed by atoms with E-state index in [-0.39, 0.29) is 0 Å². The molecular weight excluding hydrogens is 215 g/mol. The van der Waals surface area contributed by atoms with Crippen molar-refractivity contribution in [3.63, 3.8) is 0 Å². The molecule has 1 heterocycles. The predicted molar refractivity (Wildman–Crippen MR) is 41.9 cm³/mol. The van der Waals surface area contributed by atoms with Crippen molar-refractivity contribution in [3.05, 3.63) is 11.7 Å². The Balaban J connectivity index is 3.11. The van der Waals surface area contributed by atoms with Gasteiger partial charge in [-0.2, -0.15) is 18.2 Å². The zero-order valence-electron chi connectivity index (χ0n) is 7.92. The van der Waals surface area contributed by atoms with E-state index in [1.54, 1.807) is 0 Å². The first-order chi connectivity index (χ1) is 6.66. The Morgan fingerprint density at radius 2 is 1.93 bits per heavy atom. The number of nitrogens with zero attached hydrogens (tertiary/aromatic N) is 2. The third kappa shape index (κ3) is 1.92. The molecule has 0 aliphatic heterocycles. The van der Waals surface area contributed by atoms with Gasteiger partial charge in [-0.15, -0.1) is 0 Å². The van der Waals surface area contributed by atoms with Crippen LogP contribution < -0.4 is 5.73 Å². The maximum atomic E-state index is 12.5. The average Bonchev–Trinajstić information content (AvgIpc) is 2.49. The Hall–Kier alpha value is -1.60. The van der Waals surface area contributed by atoms with Crippen molar-refractivity contribution in [2.24, 2.45) is 5.73 Å². The predicted octanol–water partition coefficient (Wildman–Crippen LogP) is 1.01. The van der Waals surface area contributed by atoms with Crippen LogP contribution in [0, 0.1) is 0 Å². The van der Waals surface area contributed by atoms with Crippen LogP contribution in [-0.4, -0.2) is 22.2 Å². The van der Waals surface area contributed by atoms with E-state index in [9.17, 15) is 18.0 Å². The number of carbonyl (C=O) groups is 1. The molecule has 15 heavy (non-hydrogen) atoms. The van der Waals surface area contributed by atoms with Crippen LogP contribution in [0.25, 0.3) is 0 Å². The van der Waals surface area contributed by atoms with Crippen LogP contribution in [-0.2, 0) is 5.41 Å². The number of amides is 1. The lowest BCUT2D eigenvalue weighted by Crippen LogP contribution is -2.36. The summed E-state index contributed by atoms with van der Waals surface area (Å²) in [6, 6.07) is 0. The summed E-state index contributed by atoms with van der Waals surface area (Å²) in [4.78, 5) is 13.8. The maximum absolute atomic E-state index is 12.5. The number of nitrogens with two attached hydrogens (primary N) is 1. The van der Waals surface area contributed by atoms with Gasteiger partial charge in [-0.05, 0) is 13.8 Å². The van der Waals surface area contributed by atoms with Crippen LogP contribution >= 0.6 is 0 Å². The van der Waals surface area contributed by atoms with Gasteiger partial charge in [-0.3, -0.25) is 4.79 Å². The molecule has 0 radical (unpaired) electrons. The van der Waals surface area contributed by atoms with Crippen molar-refractivity contribution in [2.45, 2.75) is 25.4 Å². The molecule has 0 saturated heterocycles. The highest BCUT2D eigenvalue weighted by atomic mass is 19.4. The summed E-state index contributed by atoms with van der Waals surface area (Å²) in [6.45, 7) is 1.73. The first-order valence-corrected chi connectivity index (χ1v) is 3.87. The molecular formula is C7H8F3N3O2. The Bertz CT molecular complexity index is 383. The third-order valence-electron chi connectivity index (χ3n) is 1.89. The van der Waals surface area contributed by atoms with Gasteiger partial charge in [0, 0.05) is 0 Å². The SMILES string of the molecule is CC(C)(c1nc(C(N)=O)no1)C(F)(F)F. The second-order valence-corrected chi connectivity index (χ2v) is 3.41. The van der Waals surface area contributed by atoms with Crippen LogP contribution in [0.1, 0.15) is 30.4 Å². The molecule has 2 N–H and O–H groups in total. The number of aromatic nitrogens is 2. The Morgan fingerprint density at radius 3 is 2.27 bits per heavy atom. The van der Waals surface area contributed by atoms with E-state index < -0.39 is 29.2 Å². The minimum Gasteiger partial charge on any atom is -0.363 e. The number of hydrogen-bond acceptors (Lipinski definition) is 4. The lowest BCUT2D eigenvalue weighted by molar-refractivity contribution is -0.186. The van der Waals surface area contributed by atoms with Crippen molar-refractivity contribution in [1.29, 1.82) is 0 Å². The molecule has 0 aliphatic carbocycles. The molecule has 0 bridgehead atoms. The summed E-state index contributed by atoms with van der Waals surface area (Å²) in [5.41, 5.74) is 2.46. The Kier molecular flexibility index (Phi) is 2.46. The number of carbonyl (C=O) groups excluding carboxylic acids is 1. The van der Waals surface area contributed by atoms with Gasteiger partial charge in [-0.25, -0.2) is 0 Å². The lowest BCUT2D eigenvalue weighted by Gasteiger charge is -2.22. The number of halogens is 3. The number of alkyl halides is 3. The molecule has 1 amide bonds. The number of primary amides is 1. The van der Waals surface area contributed by atoms with Gasteiger partial charge >= 0.3 is 6.18 Å². The molecule has 1 aromatic heterocycles. The maximum Gasteiger partial charge on any atom is 0.402 e. The van der Waals surface area contributed by atoms with Crippen LogP contribution in [0.3, 0.4) is 0 Å². The summed E-state index contributed by atoms with van der Waals surface area (Å²) >= 11 is 0. The second-order valence-electron chi connectivity index (χ2n) is 3.41. The normalized spacial score (nSPS) is 12.9. The van der Waals surface area contributed by atoms with Crippen molar-refractivity contribution >= 4 is 5.91 Å². The van der Waals surface area contributed by atoms with Gasteiger partial charge in [0.1, 0.15) is 5.41 Å². The summed E-state index contributed by atoms with van der Waals surface area (Å²) < 4.78 is 41.8. The highest BCUT2D eigenvalue weighted by Crippen LogP contribution is 2.39. The van der Waals surface area contributed by atoms with Gasteiger partial charge in [0.25, 0.3) is 11.7 Å². The summed E-state index contributed by atoms with van der Waals surface area (Å²) in [6.07, 6.45) is -4.55. The van der Waals surface area contributed by atoms with Crippen LogP contribution in [0.2, 0.25) is 0 Å². The molecule has 0 spiro atoms. The fourth-order valence-electron chi connectivity index (χ4n) is 0.699. The molecule has 8 heteroatoms. The summed E-state index contributed by atoms with van der Waals surface area (Å²) in [7, 11) is 0. The highest BCUT2D eigenvalue weighted by Gasteiger charge is 2.52. The standard InChI is InChI=1S/C7H8F3N3O2/c1-6(2,7(8,9)10)5-12-4(3(11)14)13-15-5/h1-2H3,(H2,11,14). The van der Waals surface area contributed by atoms with Crippen LogP contribution in [0.5, 0.6) is 0 Å². The fourth-order valence-corrected chi connectivity index (χ4v) is 0.699. The Morgan fingerprint density at radius 1 is 1.40 bits per heavy atom. The van der Waals surface area contributed by atoms with Crippen molar-refractivity contribution in [2.75, 3.05) is 0 Å².